The van der Waals surface area contributed by atoms with Gasteiger partial charge in [-0.3, -0.25) is 0 Å². The van der Waals surface area contributed by atoms with E-state index in [-0.39, 0.29) is 0 Å². The molecule has 0 atom stereocenters. The van der Waals surface area contributed by atoms with Gasteiger partial charge in [-0.25, -0.2) is 9.98 Å². The summed E-state index contributed by atoms with van der Waals surface area (Å²) in [6, 6.07) is 60.8. The maximum absolute atomic E-state index is 6.78. The van der Waals surface area contributed by atoms with Crippen LogP contribution in [-0.4, -0.2) is 11.7 Å². The van der Waals surface area contributed by atoms with Crippen LogP contribution in [0.5, 0.6) is 0 Å². The molecule has 10 aromatic rings. The quantitative estimate of drug-likeness (QED) is 0.195. The Morgan fingerprint density at radius 1 is 0.370 bits per heavy atom. The Hall–Kier alpha value is -7.24. The molecule has 0 radical (unpaired) electrons. The fourth-order valence-electron chi connectivity index (χ4n) is 8.08. The topological polar surface area (TPSA) is 63.0 Å². The van der Waals surface area contributed by atoms with Crippen LogP contribution in [-0.2, 0) is 0 Å². The molecule has 0 bridgehead atoms. The third-order valence-electron chi connectivity index (χ3n) is 10.6. The van der Waals surface area contributed by atoms with E-state index in [2.05, 4.69) is 121 Å². The molecule has 54 heavy (non-hydrogen) atoms. The highest BCUT2D eigenvalue weighted by Crippen LogP contribution is 2.46. The maximum atomic E-state index is 6.78. The number of fused-ring (bicyclic) bond motifs is 7. The third kappa shape index (κ3) is 4.79. The van der Waals surface area contributed by atoms with E-state index < -0.39 is 6.17 Å². The fourth-order valence-corrected chi connectivity index (χ4v) is 8.08. The summed E-state index contributed by atoms with van der Waals surface area (Å²) in [6.45, 7) is 0. The van der Waals surface area contributed by atoms with E-state index in [1.54, 1.807) is 0 Å². The van der Waals surface area contributed by atoms with Gasteiger partial charge in [0, 0.05) is 49.4 Å². The standard InChI is InChI=1S/C49H31N3O2/c1-3-14-30(15-4-1)47-50-48(31-16-5-2-6-17-31)52-49(51-47)40-29-26-34(32-18-7-8-19-33(32)40)36-27-28-39(46-44(36)41-21-10-12-25-43(41)54-46)38-23-13-22-37-35-20-9-11-24-42(35)53-45(37)38/h1-29,49H,(H,50,51,52). The molecule has 0 unspecified atom stereocenters. The summed E-state index contributed by atoms with van der Waals surface area (Å²) >= 11 is 0. The molecule has 8 aromatic carbocycles. The highest BCUT2D eigenvalue weighted by atomic mass is 16.3. The second-order valence-corrected chi connectivity index (χ2v) is 13.7. The molecular formula is C49H31N3O2. The van der Waals surface area contributed by atoms with Gasteiger partial charge in [-0.2, -0.15) is 0 Å². The average molecular weight is 694 g/mol. The lowest BCUT2D eigenvalue weighted by Crippen LogP contribution is -2.36. The van der Waals surface area contributed by atoms with Crippen molar-refractivity contribution in [1.29, 1.82) is 0 Å². The second kappa shape index (κ2) is 12.2. The SMILES string of the molecule is c1ccc(C2=NC(c3ccc(-c4ccc(-c5cccc6c5oc5ccccc56)c5oc6ccccc6c45)c4ccccc34)N=C(c3ccccc3)N2)cc1. The summed E-state index contributed by atoms with van der Waals surface area (Å²) in [5.41, 5.74) is 10.7. The molecule has 1 aliphatic heterocycles. The van der Waals surface area contributed by atoms with Gasteiger partial charge >= 0.3 is 0 Å². The van der Waals surface area contributed by atoms with Gasteiger partial charge in [-0.1, -0.05) is 158 Å². The lowest BCUT2D eigenvalue weighted by Gasteiger charge is -2.23. The van der Waals surface area contributed by atoms with Crippen LogP contribution in [0.2, 0.25) is 0 Å². The van der Waals surface area contributed by atoms with Gasteiger partial charge in [-0.15, -0.1) is 0 Å². The Morgan fingerprint density at radius 3 is 1.61 bits per heavy atom. The Labute approximate surface area is 310 Å². The largest absolute Gasteiger partial charge is 0.455 e. The summed E-state index contributed by atoms with van der Waals surface area (Å²) in [7, 11) is 0. The van der Waals surface area contributed by atoms with Gasteiger partial charge in [0.05, 0.1) is 0 Å². The molecule has 1 N–H and O–H groups in total. The minimum Gasteiger partial charge on any atom is -0.455 e. The smallest absolute Gasteiger partial charge is 0.170 e. The van der Waals surface area contributed by atoms with E-state index in [4.69, 9.17) is 18.8 Å². The Kier molecular flexibility index (Phi) is 6.85. The van der Waals surface area contributed by atoms with Gasteiger partial charge < -0.3 is 14.2 Å². The number of aliphatic imine (C=N–C) groups is 2. The van der Waals surface area contributed by atoms with Crippen LogP contribution < -0.4 is 5.32 Å². The fraction of sp³-hybridized carbons (Fsp3) is 0.0204. The number of rotatable bonds is 5. The van der Waals surface area contributed by atoms with Crippen molar-refractivity contribution < 1.29 is 8.83 Å². The molecular weight excluding hydrogens is 663 g/mol. The van der Waals surface area contributed by atoms with Gasteiger partial charge in [-0.05, 0) is 40.1 Å². The van der Waals surface area contributed by atoms with Crippen molar-refractivity contribution in [1.82, 2.24) is 5.32 Å². The molecule has 11 rings (SSSR count). The lowest BCUT2D eigenvalue weighted by atomic mass is 9.89. The number of furan rings is 2. The van der Waals surface area contributed by atoms with Crippen LogP contribution >= 0.6 is 0 Å². The van der Waals surface area contributed by atoms with Crippen LogP contribution in [0, 0.1) is 0 Å². The molecule has 0 saturated heterocycles. The summed E-state index contributed by atoms with van der Waals surface area (Å²) in [5, 5.41) is 10.1. The minimum atomic E-state index is -0.447. The summed E-state index contributed by atoms with van der Waals surface area (Å²) in [4.78, 5) is 10.4. The zero-order chi connectivity index (χ0) is 35.6. The van der Waals surface area contributed by atoms with Crippen LogP contribution in [0.1, 0.15) is 22.9 Å². The van der Waals surface area contributed by atoms with Crippen molar-refractivity contribution in [3.63, 3.8) is 0 Å². The number of nitrogens with zero attached hydrogens (tertiary/aromatic N) is 2. The first-order valence-electron chi connectivity index (χ1n) is 18.2. The van der Waals surface area contributed by atoms with E-state index in [9.17, 15) is 0 Å². The summed E-state index contributed by atoms with van der Waals surface area (Å²) in [6.07, 6.45) is -0.447. The third-order valence-corrected chi connectivity index (χ3v) is 10.6. The van der Waals surface area contributed by atoms with Gasteiger partial charge in [0.25, 0.3) is 0 Å². The first-order chi connectivity index (χ1) is 26.8. The van der Waals surface area contributed by atoms with Crippen molar-refractivity contribution in [2.45, 2.75) is 6.17 Å². The van der Waals surface area contributed by atoms with Crippen molar-refractivity contribution >= 4 is 66.3 Å². The van der Waals surface area contributed by atoms with Gasteiger partial charge in [0.15, 0.2) is 6.17 Å². The number of para-hydroxylation sites is 3. The second-order valence-electron chi connectivity index (χ2n) is 13.7. The highest BCUT2D eigenvalue weighted by molar-refractivity contribution is 6.21. The molecule has 5 nitrogen and oxygen atoms in total. The van der Waals surface area contributed by atoms with E-state index >= 15 is 0 Å². The number of nitrogens with one attached hydrogen (secondary N) is 1. The number of benzene rings is 8. The predicted octanol–water partition coefficient (Wildman–Crippen LogP) is 12.5. The molecule has 0 spiro atoms. The van der Waals surface area contributed by atoms with Crippen LogP contribution in [0.15, 0.2) is 195 Å². The van der Waals surface area contributed by atoms with E-state index in [0.29, 0.717) is 0 Å². The van der Waals surface area contributed by atoms with Crippen molar-refractivity contribution in [3.05, 3.63) is 193 Å². The van der Waals surface area contributed by atoms with Crippen LogP contribution in [0.25, 0.3) is 76.9 Å². The van der Waals surface area contributed by atoms with Crippen molar-refractivity contribution in [2.75, 3.05) is 0 Å². The average Bonchev–Trinajstić information content (AvgIpc) is 3.83. The van der Waals surface area contributed by atoms with E-state index in [0.717, 1.165) is 105 Å². The molecule has 0 saturated carbocycles. The molecule has 254 valence electrons. The Balaban J connectivity index is 1.12. The molecule has 1 aliphatic rings. The summed E-state index contributed by atoms with van der Waals surface area (Å²) in [5.74, 6) is 1.59. The first kappa shape index (κ1) is 30.4. The molecule has 2 aromatic heterocycles. The predicted molar refractivity (Wildman–Crippen MR) is 221 cm³/mol. The monoisotopic (exact) mass is 693 g/mol. The van der Waals surface area contributed by atoms with Crippen LogP contribution in [0.4, 0.5) is 0 Å². The van der Waals surface area contributed by atoms with E-state index in [1.165, 1.54) is 0 Å². The lowest BCUT2D eigenvalue weighted by molar-refractivity contribution is 0.665. The van der Waals surface area contributed by atoms with E-state index in [1.807, 2.05) is 60.7 Å². The zero-order valence-corrected chi connectivity index (χ0v) is 29.0. The zero-order valence-electron chi connectivity index (χ0n) is 29.0. The minimum absolute atomic E-state index is 0.447. The maximum Gasteiger partial charge on any atom is 0.170 e. The normalized spacial score (nSPS) is 13.5. The van der Waals surface area contributed by atoms with Crippen molar-refractivity contribution in [2.24, 2.45) is 9.98 Å². The molecule has 0 aliphatic carbocycles. The number of amidine groups is 2. The Bertz CT molecular complexity index is 3080. The number of hydrogen-bond acceptors (Lipinski definition) is 5. The van der Waals surface area contributed by atoms with Crippen molar-refractivity contribution in [3.8, 4) is 22.3 Å². The van der Waals surface area contributed by atoms with Crippen LogP contribution in [0.3, 0.4) is 0 Å². The molecule has 5 heteroatoms. The summed E-state index contributed by atoms with van der Waals surface area (Å²) < 4.78 is 13.3. The molecule has 0 amide bonds. The number of hydrogen-bond donors (Lipinski definition) is 1. The molecule has 3 heterocycles. The molecule has 0 fully saturated rings. The highest BCUT2D eigenvalue weighted by Gasteiger charge is 2.25. The first-order valence-corrected chi connectivity index (χ1v) is 18.2. The van der Waals surface area contributed by atoms with Gasteiger partial charge in [0.1, 0.15) is 34.0 Å². The Morgan fingerprint density at radius 2 is 0.889 bits per heavy atom. The van der Waals surface area contributed by atoms with Gasteiger partial charge in [0.2, 0.25) is 0 Å².